The minimum absolute atomic E-state index is 0.153. The van der Waals surface area contributed by atoms with Gasteiger partial charge in [0, 0.05) is 11.7 Å². The van der Waals surface area contributed by atoms with Crippen LogP contribution in [0.2, 0.25) is 0 Å². The van der Waals surface area contributed by atoms with Gasteiger partial charge in [0.1, 0.15) is 0 Å². The number of aromatic nitrogens is 2. The lowest BCUT2D eigenvalue weighted by molar-refractivity contribution is 0.632. The maximum atomic E-state index is 6.10. The molecule has 1 saturated carbocycles. The lowest BCUT2D eigenvalue weighted by Crippen LogP contribution is -2.36. The third-order valence-corrected chi connectivity index (χ3v) is 4.00. The second-order valence-electron chi connectivity index (χ2n) is 5.38. The molecule has 2 aromatic rings. The van der Waals surface area contributed by atoms with Gasteiger partial charge in [-0.2, -0.15) is 0 Å². The summed E-state index contributed by atoms with van der Waals surface area (Å²) < 4.78 is 2.29. The number of nitrogens with two attached hydrogens (primary N) is 1. The van der Waals surface area contributed by atoms with Gasteiger partial charge in [0.15, 0.2) is 5.96 Å². The van der Waals surface area contributed by atoms with Crippen molar-refractivity contribution in [1.82, 2.24) is 9.55 Å². The highest BCUT2D eigenvalue weighted by molar-refractivity contribution is 5.97. The zero-order valence-corrected chi connectivity index (χ0v) is 11.2. The number of hydrogen-bond donors (Lipinski definition) is 1. The first-order valence-electron chi connectivity index (χ1n) is 7.00. The topological polar surface area (TPSA) is 59.4 Å². The summed E-state index contributed by atoms with van der Waals surface area (Å²) >= 11 is 0. The third kappa shape index (κ3) is 1.78. The highest BCUT2D eigenvalue weighted by Gasteiger charge is 2.34. The third-order valence-electron chi connectivity index (χ3n) is 4.00. The molecule has 1 aliphatic heterocycles. The highest BCUT2D eigenvalue weighted by Crippen LogP contribution is 2.39. The van der Waals surface area contributed by atoms with Gasteiger partial charge in [0.25, 0.3) is 0 Å². The zero-order valence-electron chi connectivity index (χ0n) is 11.2. The van der Waals surface area contributed by atoms with Crippen LogP contribution in [0.25, 0.3) is 0 Å². The molecule has 5 heteroatoms. The minimum atomic E-state index is 0.153. The van der Waals surface area contributed by atoms with Gasteiger partial charge in [-0.05, 0) is 25.0 Å². The van der Waals surface area contributed by atoms with Crippen LogP contribution >= 0.6 is 0 Å². The van der Waals surface area contributed by atoms with E-state index in [1.165, 1.54) is 18.5 Å². The molecule has 2 aliphatic rings. The summed E-state index contributed by atoms with van der Waals surface area (Å²) in [6, 6.07) is 11.0. The van der Waals surface area contributed by atoms with Gasteiger partial charge in [-0.25, -0.2) is 4.98 Å². The fraction of sp³-hybridized carbons (Fsp3) is 0.333. The van der Waals surface area contributed by atoms with Crippen LogP contribution in [-0.4, -0.2) is 22.1 Å². The van der Waals surface area contributed by atoms with Crippen molar-refractivity contribution in [3.63, 3.8) is 0 Å². The number of guanidine groups is 1. The van der Waals surface area contributed by atoms with Gasteiger partial charge in [0.2, 0.25) is 0 Å². The first-order chi connectivity index (χ1) is 9.84. The van der Waals surface area contributed by atoms with E-state index in [1.807, 2.05) is 30.7 Å². The Morgan fingerprint density at radius 3 is 2.70 bits per heavy atom. The molecule has 0 spiro atoms. The second-order valence-corrected chi connectivity index (χ2v) is 5.38. The summed E-state index contributed by atoms with van der Waals surface area (Å²) in [6.07, 6.45) is 6.38. The van der Waals surface area contributed by atoms with E-state index in [2.05, 4.69) is 31.6 Å². The Kier molecular flexibility index (Phi) is 2.52. The van der Waals surface area contributed by atoms with Crippen molar-refractivity contribution in [1.29, 1.82) is 0 Å². The number of aliphatic imine (C=N–C) groups is 1. The van der Waals surface area contributed by atoms with E-state index in [1.54, 1.807) is 0 Å². The Balaban J connectivity index is 1.72. The summed E-state index contributed by atoms with van der Waals surface area (Å²) in [5.41, 5.74) is 8.39. The van der Waals surface area contributed by atoms with E-state index in [9.17, 15) is 0 Å². The molecule has 4 rings (SSSR count). The molecule has 20 heavy (non-hydrogen) atoms. The number of imidazole rings is 1. The normalized spacial score (nSPS) is 22.1. The number of hydrogen-bond acceptors (Lipinski definition) is 4. The lowest BCUT2D eigenvalue weighted by Gasteiger charge is -2.27. The van der Waals surface area contributed by atoms with Crippen LogP contribution < -0.4 is 10.6 Å². The fourth-order valence-corrected chi connectivity index (χ4v) is 2.85. The quantitative estimate of drug-likeness (QED) is 0.926. The molecule has 2 N–H and O–H groups in total. The van der Waals surface area contributed by atoms with Crippen molar-refractivity contribution in [3.8, 4) is 0 Å². The minimum Gasteiger partial charge on any atom is -0.369 e. The Morgan fingerprint density at radius 2 is 1.95 bits per heavy atom. The van der Waals surface area contributed by atoms with Gasteiger partial charge in [0.05, 0.1) is 30.8 Å². The van der Waals surface area contributed by atoms with E-state index in [4.69, 9.17) is 5.73 Å². The van der Waals surface area contributed by atoms with Crippen molar-refractivity contribution >= 4 is 11.6 Å². The van der Waals surface area contributed by atoms with Gasteiger partial charge in [-0.3, -0.25) is 4.99 Å². The first kappa shape index (κ1) is 11.5. The van der Waals surface area contributed by atoms with E-state index in [0.717, 1.165) is 5.69 Å². The molecular weight excluding hydrogens is 250 g/mol. The predicted molar refractivity (Wildman–Crippen MR) is 78.6 cm³/mol. The van der Waals surface area contributed by atoms with Crippen molar-refractivity contribution in [2.75, 3.05) is 11.4 Å². The van der Waals surface area contributed by atoms with Crippen molar-refractivity contribution in [3.05, 3.63) is 48.5 Å². The SMILES string of the molecule is NC1=NCC(c2cncn2C2CC2)N1c1ccccc1. The molecule has 1 fully saturated rings. The van der Waals surface area contributed by atoms with Crippen LogP contribution in [0.1, 0.15) is 30.6 Å². The zero-order chi connectivity index (χ0) is 13.5. The molecule has 1 aromatic heterocycles. The average Bonchev–Trinajstić information content (AvgIpc) is 3.08. The van der Waals surface area contributed by atoms with E-state index in [0.29, 0.717) is 18.5 Å². The molecule has 1 atom stereocenters. The summed E-state index contributed by atoms with van der Waals surface area (Å²) in [5.74, 6) is 0.588. The van der Waals surface area contributed by atoms with Gasteiger partial charge < -0.3 is 15.2 Å². The molecule has 0 radical (unpaired) electrons. The van der Waals surface area contributed by atoms with E-state index >= 15 is 0 Å². The molecule has 1 aliphatic carbocycles. The average molecular weight is 267 g/mol. The van der Waals surface area contributed by atoms with Gasteiger partial charge in [-0.1, -0.05) is 18.2 Å². The molecule has 1 unspecified atom stereocenters. The van der Waals surface area contributed by atoms with Gasteiger partial charge >= 0.3 is 0 Å². The monoisotopic (exact) mass is 267 g/mol. The number of benzene rings is 1. The Labute approximate surface area is 117 Å². The van der Waals surface area contributed by atoms with E-state index < -0.39 is 0 Å². The Hall–Kier alpha value is -2.30. The summed E-state index contributed by atoms with van der Waals surface area (Å²) in [5, 5.41) is 0. The number of para-hydroxylation sites is 1. The predicted octanol–water partition coefficient (Wildman–Crippen LogP) is 2.09. The molecule has 5 nitrogen and oxygen atoms in total. The maximum Gasteiger partial charge on any atom is 0.196 e. The van der Waals surface area contributed by atoms with Crippen molar-refractivity contribution < 1.29 is 0 Å². The Morgan fingerprint density at radius 1 is 1.15 bits per heavy atom. The lowest BCUT2D eigenvalue weighted by atomic mass is 10.1. The molecule has 0 saturated heterocycles. The Bertz CT molecular complexity index is 641. The molecule has 2 heterocycles. The summed E-state index contributed by atoms with van der Waals surface area (Å²) in [7, 11) is 0. The highest BCUT2D eigenvalue weighted by atomic mass is 15.3. The summed E-state index contributed by atoms with van der Waals surface area (Å²) in [4.78, 5) is 10.9. The van der Waals surface area contributed by atoms with Gasteiger partial charge in [-0.15, -0.1) is 0 Å². The number of rotatable bonds is 3. The van der Waals surface area contributed by atoms with Crippen molar-refractivity contribution in [2.45, 2.75) is 24.9 Å². The fourth-order valence-electron chi connectivity index (χ4n) is 2.85. The molecule has 0 bridgehead atoms. The number of anilines is 1. The second kappa shape index (κ2) is 4.37. The first-order valence-corrected chi connectivity index (χ1v) is 7.00. The van der Waals surface area contributed by atoms with Crippen LogP contribution in [0.4, 0.5) is 5.69 Å². The van der Waals surface area contributed by atoms with Crippen LogP contribution in [0.3, 0.4) is 0 Å². The molecule has 0 amide bonds. The van der Waals surface area contributed by atoms with Crippen LogP contribution in [0.15, 0.2) is 47.8 Å². The number of nitrogens with zero attached hydrogens (tertiary/aromatic N) is 4. The molecular formula is C15H17N5. The maximum absolute atomic E-state index is 6.10. The molecule has 102 valence electrons. The van der Waals surface area contributed by atoms with E-state index in [-0.39, 0.29) is 6.04 Å². The van der Waals surface area contributed by atoms with Crippen molar-refractivity contribution in [2.24, 2.45) is 10.7 Å². The van der Waals surface area contributed by atoms with Crippen LogP contribution in [0, 0.1) is 0 Å². The van der Waals surface area contributed by atoms with Crippen LogP contribution in [0.5, 0.6) is 0 Å². The van der Waals surface area contributed by atoms with Crippen LogP contribution in [-0.2, 0) is 0 Å². The summed E-state index contributed by atoms with van der Waals surface area (Å²) in [6.45, 7) is 0.694. The standard InChI is InChI=1S/C15H17N5/c16-15-18-9-14(20(15)12-4-2-1-3-5-12)13-8-17-10-19(13)11-6-7-11/h1-5,8,10-11,14H,6-7,9H2,(H2,16,18). The largest absolute Gasteiger partial charge is 0.369 e. The smallest absolute Gasteiger partial charge is 0.196 e. The molecule has 1 aromatic carbocycles.